The van der Waals surface area contributed by atoms with Crippen LogP contribution in [0.3, 0.4) is 0 Å². The van der Waals surface area contributed by atoms with Crippen LogP contribution < -0.4 is 10.6 Å². The summed E-state index contributed by atoms with van der Waals surface area (Å²) >= 11 is 0. The zero-order chi connectivity index (χ0) is 26.6. The number of hydrogen-bond acceptors (Lipinski definition) is 6. The van der Waals surface area contributed by atoms with E-state index in [0.717, 1.165) is 0 Å². The first-order chi connectivity index (χ1) is 18.4. The van der Waals surface area contributed by atoms with E-state index in [0.29, 0.717) is 0 Å². The normalized spacial score (nSPS) is 13.2. The Morgan fingerprint density at radius 1 is 0.395 bits per heavy atom. The number of carbonyl (C=O) groups excluding carboxylic acids is 6. The van der Waals surface area contributed by atoms with Gasteiger partial charge in [0.15, 0.2) is 23.1 Å². The van der Waals surface area contributed by atoms with Crippen LogP contribution in [0.15, 0.2) is 84.9 Å². The first kappa shape index (κ1) is 22.9. The molecule has 0 unspecified atom stereocenters. The molecule has 0 heterocycles. The lowest BCUT2D eigenvalue weighted by Gasteiger charge is -2.21. The average molecular weight is 500 g/mol. The van der Waals surface area contributed by atoms with E-state index in [2.05, 4.69) is 10.6 Å². The Morgan fingerprint density at radius 3 is 1.08 bits per heavy atom. The predicted octanol–water partition coefficient (Wildman–Crippen LogP) is 3.81. The Balaban J connectivity index is 1.29. The van der Waals surface area contributed by atoms with Crippen LogP contribution in [-0.2, 0) is 9.59 Å². The molecule has 0 aliphatic heterocycles. The molecule has 2 N–H and O–H groups in total. The highest BCUT2D eigenvalue weighted by molar-refractivity contribution is 6.45. The van der Waals surface area contributed by atoms with Crippen LogP contribution in [0.2, 0.25) is 0 Å². The number of amides is 2. The maximum Gasteiger partial charge on any atom is 0.314 e. The van der Waals surface area contributed by atoms with Gasteiger partial charge in [0.2, 0.25) is 0 Å². The second-order valence-corrected chi connectivity index (χ2v) is 8.77. The second kappa shape index (κ2) is 8.56. The summed E-state index contributed by atoms with van der Waals surface area (Å²) in [4.78, 5) is 78.0. The van der Waals surface area contributed by atoms with Crippen LogP contribution in [-0.4, -0.2) is 34.9 Å². The molecule has 38 heavy (non-hydrogen) atoms. The van der Waals surface area contributed by atoms with E-state index in [1.54, 1.807) is 36.4 Å². The SMILES string of the molecule is O=C(Nc1cccc2c1C(=O)c1ccccc1C2=O)C(=O)Nc1cccc2c1C(=O)c1ccccc1C2=O. The third kappa shape index (κ3) is 3.39. The summed E-state index contributed by atoms with van der Waals surface area (Å²) in [7, 11) is 0. The summed E-state index contributed by atoms with van der Waals surface area (Å²) in [5.41, 5.74) is 1.17. The molecule has 8 nitrogen and oxygen atoms in total. The highest BCUT2D eigenvalue weighted by atomic mass is 16.2. The molecule has 0 saturated heterocycles. The molecular formula is C30H16N2O6. The van der Waals surface area contributed by atoms with Gasteiger partial charge in [-0.25, -0.2) is 0 Å². The smallest absolute Gasteiger partial charge is 0.314 e. The van der Waals surface area contributed by atoms with Crippen molar-refractivity contribution in [3.8, 4) is 0 Å². The van der Waals surface area contributed by atoms with Gasteiger partial charge in [0.25, 0.3) is 0 Å². The minimum absolute atomic E-state index is 0.00535. The number of anilines is 2. The Morgan fingerprint density at radius 2 is 0.711 bits per heavy atom. The zero-order valence-corrected chi connectivity index (χ0v) is 19.5. The Bertz CT molecular complexity index is 1650. The van der Waals surface area contributed by atoms with Crippen molar-refractivity contribution in [1.82, 2.24) is 0 Å². The Kier molecular flexibility index (Phi) is 5.17. The number of carbonyl (C=O) groups is 6. The third-order valence-electron chi connectivity index (χ3n) is 6.61. The Labute approximate surface area is 215 Å². The van der Waals surface area contributed by atoms with Crippen LogP contribution in [0.5, 0.6) is 0 Å². The summed E-state index contributed by atoms with van der Waals surface area (Å²) in [6.07, 6.45) is 0. The van der Waals surface area contributed by atoms with Crippen molar-refractivity contribution in [2.24, 2.45) is 0 Å². The predicted molar refractivity (Wildman–Crippen MR) is 137 cm³/mol. The summed E-state index contributed by atoms with van der Waals surface area (Å²) in [5, 5.41) is 4.82. The molecule has 0 aromatic heterocycles. The maximum atomic E-state index is 13.2. The summed E-state index contributed by atoms with van der Waals surface area (Å²) < 4.78 is 0. The van der Waals surface area contributed by atoms with Crippen molar-refractivity contribution in [2.75, 3.05) is 10.6 Å². The lowest BCUT2D eigenvalue weighted by Crippen LogP contribution is -2.32. The van der Waals surface area contributed by atoms with Crippen molar-refractivity contribution < 1.29 is 28.8 Å². The molecule has 4 aromatic rings. The summed E-state index contributed by atoms with van der Waals surface area (Å²) in [6, 6.07) is 21.6. The highest BCUT2D eigenvalue weighted by Gasteiger charge is 2.34. The fraction of sp³-hybridized carbons (Fsp3) is 0. The molecule has 2 amide bonds. The van der Waals surface area contributed by atoms with Gasteiger partial charge in [-0.2, -0.15) is 0 Å². The van der Waals surface area contributed by atoms with Crippen LogP contribution in [0.1, 0.15) is 63.7 Å². The third-order valence-corrected chi connectivity index (χ3v) is 6.61. The van der Waals surface area contributed by atoms with E-state index in [1.165, 1.54) is 48.5 Å². The maximum absolute atomic E-state index is 13.2. The zero-order valence-electron chi connectivity index (χ0n) is 19.5. The molecule has 0 saturated carbocycles. The average Bonchev–Trinajstić information content (AvgIpc) is 2.94. The van der Waals surface area contributed by atoms with E-state index in [4.69, 9.17) is 0 Å². The minimum atomic E-state index is -1.12. The molecule has 4 aromatic carbocycles. The fourth-order valence-corrected chi connectivity index (χ4v) is 4.86. The number of benzene rings is 4. The number of nitrogens with one attached hydrogen (secondary N) is 2. The lowest BCUT2D eigenvalue weighted by molar-refractivity contribution is -0.133. The van der Waals surface area contributed by atoms with Gasteiger partial charge in [0.05, 0.1) is 22.5 Å². The molecule has 0 bridgehead atoms. The van der Waals surface area contributed by atoms with Gasteiger partial charge in [0, 0.05) is 33.4 Å². The quantitative estimate of drug-likeness (QED) is 0.348. The minimum Gasteiger partial charge on any atom is -0.317 e. The molecular weight excluding hydrogens is 484 g/mol. The van der Waals surface area contributed by atoms with E-state index in [1.807, 2.05) is 0 Å². The molecule has 2 aliphatic carbocycles. The van der Waals surface area contributed by atoms with Crippen LogP contribution in [0.25, 0.3) is 0 Å². The van der Waals surface area contributed by atoms with E-state index in [-0.39, 0.29) is 67.4 Å². The second-order valence-electron chi connectivity index (χ2n) is 8.77. The highest BCUT2D eigenvalue weighted by Crippen LogP contribution is 2.33. The van der Waals surface area contributed by atoms with Crippen molar-refractivity contribution in [1.29, 1.82) is 0 Å². The molecule has 2 aliphatic rings. The van der Waals surface area contributed by atoms with E-state index in [9.17, 15) is 28.8 Å². The largest absolute Gasteiger partial charge is 0.317 e. The number of ketones is 4. The van der Waals surface area contributed by atoms with Gasteiger partial charge in [-0.15, -0.1) is 0 Å². The van der Waals surface area contributed by atoms with Crippen LogP contribution in [0, 0.1) is 0 Å². The molecule has 6 rings (SSSR count). The molecule has 182 valence electrons. The molecule has 0 atom stereocenters. The van der Waals surface area contributed by atoms with Gasteiger partial charge in [-0.3, -0.25) is 28.8 Å². The van der Waals surface area contributed by atoms with Crippen molar-refractivity contribution in [2.45, 2.75) is 0 Å². The van der Waals surface area contributed by atoms with E-state index >= 15 is 0 Å². The van der Waals surface area contributed by atoms with Crippen molar-refractivity contribution >= 4 is 46.3 Å². The van der Waals surface area contributed by atoms with Gasteiger partial charge in [-0.1, -0.05) is 72.8 Å². The van der Waals surface area contributed by atoms with Crippen molar-refractivity contribution in [3.05, 3.63) is 129 Å². The number of fused-ring (bicyclic) bond motifs is 4. The standard InChI is InChI=1S/C30H16N2O6/c33-25-15-7-1-3-9-17(15)27(35)23-19(25)11-5-13-21(23)31-29(37)30(38)32-22-14-6-12-20-24(22)28(36)18-10-4-2-8-16(18)26(20)34/h1-14H,(H,31,37)(H,32,38). The monoisotopic (exact) mass is 500 g/mol. The van der Waals surface area contributed by atoms with Gasteiger partial charge < -0.3 is 10.6 Å². The molecule has 0 radical (unpaired) electrons. The lowest BCUT2D eigenvalue weighted by atomic mass is 9.83. The molecule has 0 fully saturated rings. The van der Waals surface area contributed by atoms with Crippen LogP contribution >= 0.6 is 0 Å². The molecule has 8 heteroatoms. The number of rotatable bonds is 2. The van der Waals surface area contributed by atoms with Crippen LogP contribution in [0.4, 0.5) is 11.4 Å². The van der Waals surface area contributed by atoms with Gasteiger partial charge in [-0.05, 0) is 12.1 Å². The van der Waals surface area contributed by atoms with Gasteiger partial charge >= 0.3 is 11.8 Å². The van der Waals surface area contributed by atoms with Crippen molar-refractivity contribution in [3.63, 3.8) is 0 Å². The topological polar surface area (TPSA) is 126 Å². The van der Waals surface area contributed by atoms with Gasteiger partial charge in [0.1, 0.15) is 0 Å². The first-order valence-corrected chi connectivity index (χ1v) is 11.6. The molecule has 0 spiro atoms. The summed E-state index contributed by atoms with van der Waals surface area (Å²) in [6.45, 7) is 0. The summed E-state index contributed by atoms with van der Waals surface area (Å²) in [5.74, 6) is -3.88. The fourth-order valence-electron chi connectivity index (χ4n) is 4.86. The van der Waals surface area contributed by atoms with E-state index < -0.39 is 23.4 Å². The number of hydrogen-bond donors (Lipinski definition) is 2. The first-order valence-electron chi connectivity index (χ1n) is 11.6. The Hall–Kier alpha value is -5.50.